The zero-order valence-electron chi connectivity index (χ0n) is 15.8. The Labute approximate surface area is 164 Å². The quantitative estimate of drug-likeness (QED) is 0.516. The molecule has 11 heteroatoms. The van der Waals surface area contributed by atoms with Crippen molar-refractivity contribution in [1.82, 2.24) is 9.55 Å². The van der Waals surface area contributed by atoms with Gasteiger partial charge in [0.25, 0.3) is 5.56 Å². The topological polar surface area (TPSA) is 161 Å². The minimum absolute atomic E-state index is 0.186. The first-order valence-corrected chi connectivity index (χ1v) is 9.10. The summed E-state index contributed by atoms with van der Waals surface area (Å²) in [4.78, 5) is 31.6. The van der Waals surface area contributed by atoms with Crippen LogP contribution < -0.4 is 16.6 Å². The molecule has 0 saturated carbocycles. The van der Waals surface area contributed by atoms with E-state index < -0.39 is 35.6 Å². The molecule has 1 saturated heterocycles. The fraction of sp³-hybridized carbons (Fsp3) is 0.444. The largest absolute Gasteiger partial charge is 0.463 e. The molecule has 4 atom stereocenters. The third-order valence-electron chi connectivity index (χ3n) is 5.15. The fourth-order valence-corrected chi connectivity index (χ4v) is 3.60. The molecule has 0 aliphatic carbocycles. The zero-order chi connectivity index (χ0) is 20.9. The molecule has 4 rings (SSSR count). The van der Waals surface area contributed by atoms with E-state index in [9.17, 15) is 19.8 Å². The van der Waals surface area contributed by atoms with E-state index in [1.807, 2.05) is 0 Å². The van der Waals surface area contributed by atoms with Crippen LogP contribution in [0.5, 0.6) is 0 Å². The maximum absolute atomic E-state index is 11.9. The van der Waals surface area contributed by atoms with Gasteiger partial charge in [0.05, 0.1) is 11.7 Å². The summed E-state index contributed by atoms with van der Waals surface area (Å²) in [7, 11) is 0. The summed E-state index contributed by atoms with van der Waals surface area (Å²) in [6.07, 6.45) is -0.179. The number of ether oxygens (including phenoxy) is 2. The number of aliphatic hydroxyl groups excluding tert-OH is 1. The van der Waals surface area contributed by atoms with Crippen LogP contribution >= 0.6 is 0 Å². The number of esters is 1. The Morgan fingerprint density at radius 1 is 1.52 bits per heavy atom. The first kappa shape index (κ1) is 19.3. The average Bonchev–Trinajstić information content (AvgIpc) is 3.12. The summed E-state index contributed by atoms with van der Waals surface area (Å²) in [6, 6.07) is 1.20. The lowest BCUT2D eigenvalue weighted by atomic mass is 9.96. The van der Waals surface area contributed by atoms with E-state index in [0.29, 0.717) is 16.6 Å². The number of aliphatic hydroxyl groups is 2. The molecule has 2 aliphatic rings. The highest BCUT2D eigenvalue weighted by Gasteiger charge is 2.54. The molecule has 0 unspecified atom stereocenters. The monoisotopic (exact) mass is 403 g/mol. The van der Waals surface area contributed by atoms with Gasteiger partial charge in [-0.3, -0.25) is 9.59 Å². The molecule has 4 heterocycles. The van der Waals surface area contributed by atoms with Crippen LogP contribution in [0.1, 0.15) is 26.5 Å². The van der Waals surface area contributed by atoms with Gasteiger partial charge in [-0.25, -0.2) is 4.99 Å². The van der Waals surface area contributed by atoms with Crippen LogP contribution in [0.25, 0.3) is 10.8 Å². The van der Waals surface area contributed by atoms with Gasteiger partial charge in [0, 0.05) is 29.8 Å². The smallest absolute Gasteiger partial charge is 0.305 e. The van der Waals surface area contributed by atoms with Gasteiger partial charge in [-0.2, -0.15) is 4.98 Å². The number of nitrogens with one attached hydrogen (secondary N) is 1. The summed E-state index contributed by atoms with van der Waals surface area (Å²) in [6.45, 7) is 2.87. The predicted octanol–water partition coefficient (Wildman–Crippen LogP) is 0.0265. The molecule has 29 heavy (non-hydrogen) atoms. The maximum atomic E-state index is 11.9. The zero-order valence-corrected chi connectivity index (χ0v) is 15.8. The molecular weight excluding hydrogens is 382 g/mol. The normalized spacial score (nSPS) is 27.8. The van der Waals surface area contributed by atoms with Gasteiger partial charge in [0.15, 0.2) is 6.23 Å². The van der Waals surface area contributed by atoms with Crippen molar-refractivity contribution in [1.29, 1.82) is 0 Å². The van der Waals surface area contributed by atoms with Gasteiger partial charge < -0.3 is 35.3 Å². The average molecular weight is 403 g/mol. The SMILES string of the molecule is CCC(=O)OC[C@H]1O[C@@H](n2cc3c(N)cc(=O)nc4c3c2N=CN4)[C@@](C)(O)[C@@H]1O. The number of aliphatic imine (C=N–C) groups is 1. The van der Waals surface area contributed by atoms with E-state index >= 15 is 0 Å². The van der Waals surface area contributed by atoms with E-state index in [-0.39, 0.29) is 24.5 Å². The number of carbonyl (C=O) groups is 1. The van der Waals surface area contributed by atoms with Crippen molar-refractivity contribution >= 4 is 40.4 Å². The van der Waals surface area contributed by atoms with E-state index in [1.54, 1.807) is 13.1 Å². The molecule has 0 bridgehead atoms. The Kier molecular flexibility index (Phi) is 4.52. The first-order valence-electron chi connectivity index (χ1n) is 9.10. The standard InChI is InChI=1S/C18H21N5O6/c1-3-12(25)28-6-10-14(26)18(2,27)17(29-10)23-5-8-9(19)4-11(24)22-15-13(8)16(23)21-7-20-15/h4-5,7,10,14,17,26-27H,3,6,19H2,1-2H3,(H,20,21,22,24)/t10-,14-,17-,18+/m1/s1. The summed E-state index contributed by atoms with van der Waals surface area (Å²) >= 11 is 0. The van der Waals surface area contributed by atoms with E-state index in [1.165, 1.54) is 23.9 Å². The molecule has 2 aromatic heterocycles. The number of nitrogens with zero attached hydrogens (tertiary/aromatic N) is 3. The lowest BCUT2D eigenvalue weighted by Crippen LogP contribution is -2.44. The van der Waals surface area contributed by atoms with Crippen molar-refractivity contribution in [2.24, 2.45) is 4.99 Å². The lowest BCUT2D eigenvalue weighted by molar-refractivity contribution is -0.149. The predicted molar refractivity (Wildman–Crippen MR) is 104 cm³/mol. The molecule has 11 nitrogen and oxygen atoms in total. The molecule has 5 N–H and O–H groups in total. The number of aromatic nitrogens is 2. The second kappa shape index (κ2) is 6.79. The number of anilines is 2. The molecule has 2 aromatic rings. The molecule has 154 valence electrons. The summed E-state index contributed by atoms with van der Waals surface area (Å²) < 4.78 is 12.5. The van der Waals surface area contributed by atoms with Crippen molar-refractivity contribution in [3.8, 4) is 0 Å². The molecule has 0 amide bonds. The molecular formula is C18H21N5O6. The van der Waals surface area contributed by atoms with Crippen molar-refractivity contribution in [2.45, 2.75) is 44.3 Å². The molecule has 0 radical (unpaired) electrons. The summed E-state index contributed by atoms with van der Waals surface area (Å²) in [5.74, 6) is 0.190. The Hall–Kier alpha value is -3.02. The number of hydrogen-bond donors (Lipinski definition) is 4. The molecule has 0 aromatic carbocycles. The van der Waals surface area contributed by atoms with Gasteiger partial charge in [0.1, 0.15) is 36.1 Å². The molecule has 0 spiro atoms. The molecule has 2 aliphatic heterocycles. The second-order valence-electron chi connectivity index (χ2n) is 7.18. The van der Waals surface area contributed by atoms with Crippen LogP contribution in [0.15, 0.2) is 22.1 Å². The van der Waals surface area contributed by atoms with Crippen LogP contribution in [0.4, 0.5) is 17.3 Å². The lowest BCUT2D eigenvalue weighted by Gasteiger charge is -2.28. The third kappa shape index (κ3) is 3.03. The highest BCUT2D eigenvalue weighted by atomic mass is 16.6. The maximum Gasteiger partial charge on any atom is 0.305 e. The van der Waals surface area contributed by atoms with Crippen LogP contribution in [-0.2, 0) is 14.3 Å². The second-order valence-corrected chi connectivity index (χ2v) is 7.18. The van der Waals surface area contributed by atoms with Crippen LogP contribution in [0.3, 0.4) is 0 Å². The number of nitrogens with two attached hydrogens (primary N) is 1. The first-order chi connectivity index (χ1) is 13.7. The number of rotatable bonds is 4. The highest BCUT2D eigenvalue weighted by Crippen LogP contribution is 2.45. The van der Waals surface area contributed by atoms with Crippen molar-refractivity contribution in [3.63, 3.8) is 0 Å². The van der Waals surface area contributed by atoms with E-state index in [0.717, 1.165) is 0 Å². The Bertz CT molecular complexity index is 1080. The van der Waals surface area contributed by atoms with Crippen LogP contribution in [0, 0.1) is 0 Å². The number of nitrogen functional groups attached to an aromatic ring is 1. The van der Waals surface area contributed by atoms with Gasteiger partial charge in [-0.1, -0.05) is 6.92 Å². The van der Waals surface area contributed by atoms with Crippen LogP contribution in [-0.4, -0.2) is 56.5 Å². The van der Waals surface area contributed by atoms with Crippen molar-refractivity contribution < 1.29 is 24.5 Å². The Balaban J connectivity index is 1.79. The van der Waals surface area contributed by atoms with Gasteiger partial charge in [0.2, 0.25) is 0 Å². The Morgan fingerprint density at radius 2 is 2.28 bits per heavy atom. The Morgan fingerprint density at radius 3 is 3.00 bits per heavy atom. The number of carbonyl (C=O) groups excluding carboxylic acids is 1. The van der Waals surface area contributed by atoms with E-state index in [2.05, 4.69) is 15.3 Å². The van der Waals surface area contributed by atoms with Gasteiger partial charge in [-0.15, -0.1) is 0 Å². The van der Waals surface area contributed by atoms with Gasteiger partial charge in [-0.05, 0) is 6.92 Å². The number of hydrogen-bond acceptors (Lipinski definition) is 10. The van der Waals surface area contributed by atoms with Crippen molar-refractivity contribution in [3.05, 3.63) is 22.6 Å². The minimum atomic E-state index is -1.72. The minimum Gasteiger partial charge on any atom is -0.463 e. The van der Waals surface area contributed by atoms with Crippen molar-refractivity contribution in [2.75, 3.05) is 17.7 Å². The third-order valence-corrected chi connectivity index (χ3v) is 5.15. The summed E-state index contributed by atoms with van der Waals surface area (Å²) in [5, 5.41) is 25.3. The van der Waals surface area contributed by atoms with Crippen LogP contribution in [0.2, 0.25) is 0 Å². The molecule has 1 fully saturated rings. The summed E-state index contributed by atoms with van der Waals surface area (Å²) in [5.41, 5.74) is 4.00. The van der Waals surface area contributed by atoms with Gasteiger partial charge >= 0.3 is 5.97 Å². The highest BCUT2D eigenvalue weighted by molar-refractivity contribution is 6.10. The van der Waals surface area contributed by atoms with E-state index in [4.69, 9.17) is 15.2 Å². The fourth-order valence-electron chi connectivity index (χ4n) is 3.60.